The molecule has 106 valence electrons. The van der Waals surface area contributed by atoms with Gasteiger partial charge >= 0.3 is 0 Å². The van der Waals surface area contributed by atoms with Crippen LogP contribution in [0.2, 0.25) is 0 Å². The number of rotatable bonds is 2. The van der Waals surface area contributed by atoms with Gasteiger partial charge in [0.25, 0.3) is 0 Å². The van der Waals surface area contributed by atoms with E-state index in [1.807, 2.05) is 11.8 Å². The van der Waals surface area contributed by atoms with Crippen molar-refractivity contribution in [3.63, 3.8) is 0 Å². The molecule has 1 fully saturated rings. The van der Waals surface area contributed by atoms with Gasteiger partial charge in [-0.05, 0) is 35.8 Å². The van der Waals surface area contributed by atoms with E-state index in [1.165, 1.54) is 54.2 Å². The Morgan fingerprint density at radius 3 is 2.85 bits per heavy atom. The van der Waals surface area contributed by atoms with E-state index in [1.54, 1.807) is 0 Å². The summed E-state index contributed by atoms with van der Waals surface area (Å²) in [7, 11) is 0. The molecule has 1 unspecified atom stereocenters. The Balaban J connectivity index is 1.32. The van der Waals surface area contributed by atoms with Crippen molar-refractivity contribution in [1.29, 1.82) is 0 Å². The van der Waals surface area contributed by atoms with Crippen LogP contribution in [-0.2, 0) is 6.42 Å². The highest BCUT2D eigenvalue weighted by molar-refractivity contribution is 8.13. The molecule has 1 heterocycles. The summed E-state index contributed by atoms with van der Waals surface area (Å²) in [6, 6.07) is 8.82. The van der Waals surface area contributed by atoms with Crippen molar-refractivity contribution in [2.24, 2.45) is 10.4 Å². The molecule has 1 spiro atoms. The number of hydrogen-bond acceptors (Lipinski definition) is 3. The van der Waals surface area contributed by atoms with Gasteiger partial charge in [0.05, 0.1) is 0 Å². The third-order valence-corrected chi connectivity index (χ3v) is 6.50. The first-order valence-corrected chi connectivity index (χ1v) is 8.82. The molecule has 0 radical (unpaired) electrons. The first-order valence-electron chi connectivity index (χ1n) is 7.84. The predicted octanol–water partition coefficient (Wildman–Crippen LogP) is 3.58. The Kier molecular flexibility index (Phi) is 3.25. The number of amidine groups is 1. The predicted molar refractivity (Wildman–Crippen MR) is 86.6 cm³/mol. The molecule has 4 rings (SSSR count). The zero-order chi connectivity index (χ0) is 13.4. The van der Waals surface area contributed by atoms with Gasteiger partial charge in [0.15, 0.2) is 5.17 Å². The summed E-state index contributed by atoms with van der Waals surface area (Å²) in [5, 5.41) is 4.77. The molecule has 0 aromatic heterocycles. The molecule has 0 amide bonds. The summed E-state index contributed by atoms with van der Waals surface area (Å²) in [5.41, 5.74) is 3.62. The molecule has 1 aromatic rings. The molecule has 20 heavy (non-hydrogen) atoms. The fraction of sp³-hybridized carbons (Fsp3) is 0.588. The fourth-order valence-electron chi connectivity index (χ4n) is 3.84. The van der Waals surface area contributed by atoms with Crippen LogP contribution in [0, 0.1) is 5.41 Å². The SMILES string of the molecule is c1ccc2c(c1)CC2CNC1=NCC2(CCCC2)CS1. The van der Waals surface area contributed by atoms with Crippen LogP contribution in [0.25, 0.3) is 0 Å². The van der Waals surface area contributed by atoms with Crippen LogP contribution in [0.3, 0.4) is 0 Å². The van der Waals surface area contributed by atoms with Gasteiger partial charge in [0.2, 0.25) is 0 Å². The summed E-state index contributed by atoms with van der Waals surface area (Å²) in [6.45, 7) is 2.11. The molecule has 1 aromatic carbocycles. The first-order chi connectivity index (χ1) is 9.85. The van der Waals surface area contributed by atoms with Crippen LogP contribution in [-0.4, -0.2) is 24.0 Å². The average molecular weight is 286 g/mol. The number of hydrogen-bond donors (Lipinski definition) is 1. The molecular formula is C17H22N2S. The second kappa shape index (κ2) is 5.10. The number of benzene rings is 1. The molecule has 2 nitrogen and oxygen atoms in total. The third-order valence-electron chi connectivity index (χ3n) is 5.20. The molecule has 2 aliphatic carbocycles. The number of nitrogens with one attached hydrogen (secondary N) is 1. The van der Waals surface area contributed by atoms with Gasteiger partial charge in [-0.15, -0.1) is 0 Å². The number of fused-ring (bicyclic) bond motifs is 1. The minimum Gasteiger partial charge on any atom is -0.364 e. The quantitative estimate of drug-likeness (QED) is 0.898. The van der Waals surface area contributed by atoms with Gasteiger partial charge in [0, 0.05) is 24.8 Å². The van der Waals surface area contributed by atoms with Gasteiger partial charge in [-0.1, -0.05) is 48.9 Å². The van der Waals surface area contributed by atoms with E-state index < -0.39 is 0 Å². The number of nitrogens with zero attached hydrogens (tertiary/aromatic N) is 1. The van der Waals surface area contributed by atoms with Crippen LogP contribution in [0.1, 0.15) is 42.7 Å². The molecule has 3 heteroatoms. The van der Waals surface area contributed by atoms with Crippen LogP contribution >= 0.6 is 11.8 Å². The summed E-state index contributed by atoms with van der Waals surface area (Å²) in [6.07, 6.45) is 6.85. The van der Waals surface area contributed by atoms with Crippen molar-refractivity contribution in [1.82, 2.24) is 5.32 Å². The molecule has 1 atom stereocenters. The highest BCUT2D eigenvalue weighted by Crippen LogP contribution is 2.43. The zero-order valence-electron chi connectivity index (χ0n) is 11.9. The van der Waals surface area contributed by atoms with Gasteiger partial charge < -0.3 is 5.32 Å². The van der Waals surface area contributed by atoms with Crippen LogP contribution in [0.15, 0.2) is 29.3 Å². The molecule has 1 aliphatic heterocycles. The smallest absolute Gasteiger partial charge is 0.156 e. The maximum absolute atomic E-state index is 4.82. The normalized spacial score (nSPS) is 26.8. The lowest BCUT2D eigenvalue weighted by Crippen LogP contribution is -2.36. The fourth-order valence-corrected chi connectivity index (χ4v) is 5.01. The van der Waals surface area contributed by atoms with E-state index in [2.05, 4.69) is 29.6 Å². The van der Waals surface area contributed by atoms with Crippen LogP contribution < -0.4 is 5.32 Å². The van der Waals surface area contributed by atoms with E-state index in [0.29, 0.717) is 11.3 Å². The molecule has 0 bridgehead atoms. The van der Waals surface area contributed by atoms with Crippen molar-refractivity contribution in [2.75, 3.05) is 18.8 Å². The molecule has 0 saturated heterocycles. The first kappa shape index (κ1) is 12.8. The summed E-state index contributed by atoms with van der Waals surface area (Å²) >= 11 is 1.96. The van der Waals surface area contributed by atoms with Crippen LogP contribution in [0.5, 0.6) is 0 Å². The largest absolute Gasteiger partial charge is 0.364 e. The lowest BCUT2D eigenvalue weighted by Gasteiger charge is -2.33. The Labute approximate surface area is 125 Å². The number of thioether (sulfide) groups is 1. The average Bonchev–Trinajstić information content (AvgIpc) is 2.91. The third kappa shape index (κ3) is 2.26. The van der Waals surface area contributed by atoms with Gasteiger partial charge in [-0.3, -0.25) is 4.99 Å². The lowest BCUT2D eigenvalue weighted by molar-refractivity contribution is 0.358. The Morgan fingerprint density at radius 1 is 1.25 bits per heavy atom. The van der Waals surface area contributed by atoms with E-state index >= 15 is 0 Å². The van der Waals surface area contributed by atoms with Gasteiger partial charge in [0.1, 0.15) is 0 Å². The maximum atomic E-state index is 4.82. The van der Waals surface area contributed by atoms with Gasteiger partial charge in [-0.2, -0.15) is 0 Å². The van der Waals surface area contributed by atoms with E-state index in [0.717, 1.165) is 13.1 Å². The lowest BCUT2D eigenvalue weighted by atomic mass is 9.78. The highest BCUT2D eigenvalue weighted by atomic mass is 32.2. The zero-order valence-corrected chi connectivity index (χ0v) is 12.7. The Bertz CT molecular complexity index is 532. The summed E-state index contributed by atoms with van der Waals surface area (Å²) < 4.78 is 0. The minimum absolute atomic E-state index is 0.554. The molecule has 1 N–H and O–H groups in total. The van der Waals surface area contributed by atoms with Crippen molar-refractivity contribution in [2.45, 2.75) is 38.0 Å². The van der Waals surface area contributed by atoms with E-state index in [4.69, 9.17) is 4.99 Å². The molecule has 3 aliphatic rings. The van der Waals surface area contributed by atoms with Gasteiger partial charge in [-0.25, -0.2) is 0 Å². The van der Waals surface area contributed by atoms with Crippen molar-refractivity contribution in [3.8, 4) is 0 Å². The summed E-state index contributed by atoms with van der Waals surface area (Å²) in [4.78, 5) is 4.82. The highest BCUT2D eigenvalue weighted by Gasteiger charge is 2.36. The molecular weight excluding hydrogens is 264 g/mol. The monoisotopic (exact) mass is 286 g/mol. The van der Waals surface area contributed by atoms with Crippen LogP contribution in [0.4, 0.5) is 0 Å². The Hall–Kier alpha value is -0.960. The Morgan fingerprint density at radius 2 is 2.10 bits per heavy atom. The van der Waals surface area contributed by atoms with Crippen molar-refractivity contribution in [3.05, 3.63) is 35.4 Å². The maximum Gasteiger partial charge on any atom is 0.156 e. The standard InChI is InChI=1S/C17H22N2S/c1-2-6-15-13(5-1)9-14(15)10-18-16-19-11-17(12-20-16)7-3-4-8-17/h1-2,5-6,14H,3-4,7-12H2,(H,18,19). The topological polar surface area (TPSA) is 24.4 Å². The molecule has 1 saturated carbocycles. The van der Waals surface area contributed by atoms with Crippen molar-refractivity contribution < 1.29 is 0 Å². The van der Waals surface area contributed by atoms with Crippen molar-refractivity contribution >= 4 is 16.9 Å². The number of aliphatic imine (C=N–C) groups is 1. The van der Waals surface area contributed by atoms with E-state index in [9.17, 15) is 0 Å². The second-order valence-corrected chi connectivity index (χ2v) is 7.56. The summed E-state index contributed by atoms with van der Waals surface area (Å²) in [5.74, 6) is 1.97. The second-order valence-electron chi connectivity index (χ2n) is 6.60. The van der Waals surface area contributed by atoms with E-state index in [-0.39, 0.29) is 0 Å². The minimum atomic E-state index is 0.554.